The summed E-state index contributed by atoms with van der Waals surface area (Å²) in [5, 5.41) is 9.88. The Labute approximate surface area is 137 Å². The molecule has 1 fully saturated rings. The molecule has 5 nitrogen and oxygen atoms in total. The summed E-state index contributed by atoms with van der Waals surface area (Å²) in [7, 11) is 0. The smallest absolute Gasteiger partial charge is 0.191 e. The molecule has 0 amide bonds. The van der Waals surface area contributed by atoms with Crippen molar-refractivity contribution in [3.8, 4) is 0 Å². The second kappa shape index (κ2) is 9.79. The third-order valence-corrected chi connectivity index (χ3v) is 4.27. The van der Waals surface area contributed by atoms with E-state index in [2.05, 4.69) is 32.9 Å². The van der Waals surface area contributed by atoms with E-state index in [0.717, 1.165) is 68.3 Å². The Balaban J connectivity index is 1.58. The van der Waals surface area contributed by atoms with Crippen LogP contribution in [0.25, 0.3) is 0 Å². The fourth-order valence-electron chi connectivity index (χ4n) is 2.07. The third-order valence-electron chi connectivity index (χ3n) is 3.45. The van der Waals surface area contributed by atoms with Crippen molar-refractivity contribution in [1.82, 2.24) is 15.6 Å². The van der Waals surface area contributed by atoms with Crippen LogP contribution in [-0.4, -0.2) is 43.8 Å². The topological polar surface area (TPSA) is 58.5 Å². The molecule has 22 heavy (non-hydrogen) atoms. The van der Waals surface area contributed by atoms with E-state index >= 15 is 0 Å². The summed E-state index contributed by atoms with van der Waals surface area (Å²) < 4.78 is 5.62. The van der Waals surface area contributed by atoms with Crippen molar-refractivity contribution < 1.29 is 4.74 Å². The zero-order valence-corrected chi connectivity index (χ0v) is 14.5. The van der Waals surface area contributed by atoms with E-state index in [-0.39, 0.29) is 0 Å². The monoisotopic (exact) mass is 324 g/mol. The minimum atomic E-state index is 0.801. The van der Waals surface area contributed by atoms with Gasteiger partial charge in [-0.25, -0.2) is 4.98 Å². The zero-order chi connectivity index (χ0) is 15.6. The highest BCUT2D eigenvalue weighted by atomic mass is 32.1. The van der Waals surface area contributed by atoms with E-state index in [9.17, 15) is 0 Å². The Bertz CT molecular complexity index is 457. The molecular weight excluding hydrogens is 296 g/mol. The van der Waals surface area contributed by atoms with Gasteiger partial charge in [-0.15, -0.1) is 11.3 Å². The summed E-state index contributed by atoms with van der Waals surface area (Å²) in [5.41, 5.74) is 1.15. The quantitative estimate of drug-likeness (QED) is 0.394. The van der Waals surface area contributed by atoms with Crippen LogP contribution in [-0.2, 0) is 11.2 Å². The average molecular weight is 324 g/mol. The van der Waals surface area contributed by atoms with Crippen molar-refractivity contribution in [3.63, 3.8) is 0 Å². The average Bonchev–Trinajstić information content (AvgIpc) is 3.24. The first-order valence-corrected chi connectivity index (χ1v) is 9.17. The molecule has 0 aliphatic heterocycles. The van der Waals surface area contributed by atoms with Gasteiger partial charge in [0.2, 0.25) is 0 Å². The maximum absolute atomic E-state index is 5.62. The molecule has 1 aliphatic carbocycles. The van der Waals surface area contributed by atoms with Gasteiger partial charge in [-0.3, -0.25) is 4.99 Å². The minimum absolute atomic E-state index is 0.801. The number of hydrogen-bond acceptors (Lipinski definition) is 4. The van der Waals surface area contributed by atoms with Crippen LogP contribution < -0.4 is 10.6 Å². The SMILES string of the molecule is CCNC(=NCCCOCC1CC1)NCCc1csc(C)n1. The van der Waals surface area contributed by atoms with Crippen LogP contribution in [0, 0.1) is 12.8 Å². The van der Waals surface area contributed by atoms with Crippen LogP contribution in [0.15, 0.2) is 10.4 Å². The van der Waals surface area contributed by atoms with Crippen molar-refractivity contribution in [2.75, 3.05) is 32.8 Å². The Morgan fingerprint density at radius 1 is 1.45 bits per heavy atom. The van der Waals surface area contributed by atoms with Gasteiger partial charge in [0.15, 0.2) is 5.96 Å². The molecule has 0 spiro atoms. The maximum atomic E-state index is 5.62. The normalized spacial score (nSPS) is 15.1. The number of nitrogens with one attached hydrogen (secondary N) is 2. The third kappa shape index (κ3) is 7.22. The zero-order valence-electron chi connectivity index (χ0n) is 13.7. The standard InChI is InChI=1S/C16H28N4OS/c1-3-17-16(18-8-4-10-21-11-14-5-6-14)19-9-7-15-12-22-13(2)20-15/h12,14H,3-11H2,1-2H3,(H2,17,18,19). The Hall–Kier alpha value is -1.14. The number of nitrogens with zero attached hydrogens (tertiary/aromatic N) is 2. The lowest BCUT2D eigenvalue weighted by molar-refractivity contribution is 0.123. The molecule has 124 valence electrons. The number of ether oxygens (including phenoxy) is 1. The van der Waals surface area contributed by atoms with E-state index in [1.165, 1.54) is 12.8 Å². The Kier molecular flexibility index (Phi) is 7.66. The van der Waals surface area contributed by atoms with E-state index in [1.807, 2.05) is 6.92 Å². The molecule has 6 heteroatoms. The highest BCUT2D eigenvalue weighted by molar-refractivity contribution is 7.09. The predicted octanol–water partition coefficient (Wildman–Crippen LogP) is 2.37. The first-order valence-electron chi connectivity index (χ1n) is 8.29. The van der Waals surface area contributed by atoms with E-state index in [4.69, 9.17) is 4.74 Å². The fourth-order valence-corrected chi connectivity index (χ4v) is 2.71. The van der Waals surface area contributed by atoms with Gasteiger partial charge in [0.05, 0.1) is 10.7 Å². The second-order valence-corrected chi connectivity index (χ2v) is 6.73. The number of hydrogen-bond donors (Lipinski definition) is 2. The highest BCUT2D eigenvalue weighted by Gasteiger charge is 2.20. The van der Waals surface area contributed by atoms with Gasteiger partial charge in [-0.2, -0.15) is 0 Å². The number of rotatable bonds is 10. The summed E-state index contributed by atoms with van der Waals surface area (Å²) >= 11 is 1.70. The number of thiazole rings is 1. The van der Waals surface area contributed by atoms with Gasteiger partial charge < -0.3 is 15.4 Å². The number of guanidine groups is 1. The summed E-state index contributed by atoms with van der Waals surface area (Å²) in [6, 6.07) is 0. The number of aryl methyl sites for hydroxylation is 1. The molecule has 1 saturated carbocycles. The second-order valence-electron chi connectivity index (χ2n) is 5.67. The summed E-state index contributed by atoms with van der Waals surface area (Å²) in [6.45, 7) is 8.41. The summed E-state index contributed by atoms with van der Waals surface area (Å²) in [5.74, 6) is 1.73. The molecule has 0 saturated heterocycles. The molecule has 0 radical (unpaired) electrons. The summed E-state index contributed by atoms with van der Waals surface area (Å²) in [6.07, 6.45) is 4.62. The van der Waals surface area contributed by atoms with E-state index < -0.39 is 0 Å². The molecular formula is C16H28N4OS. The largest absolute Gasteiger partial charge is 0.381 e. The van der Waals surface area contributed by atoms with E-state index in [1.54, 1.807) is 11.3 Å². The molecule has 1 aromatic heterocycles. The van der Waals surface area contributed by atoms with Crippen LogP contribution in [0.4, 0.5) is 0 Å². The highest BCUT2D eigenvalue weighted by Crippen LogP contribution is 2.28. The lowest BCUT2D eigenvalue weighted by atomic mass is 10.3. The maximum Gasteiger partial charge on any atom is 0.191 e. The van der Waals surface area contributed by atoms with Crippen molar-refractivity contribution in [2.45, 2.75) is 39.5 Å². The lowest BCUT2D eigenvalue weighted by Gasteiger charge is -2.10. The van der Waals surface area contributed by atoms with Gasteiger partial charge in [0, 0.05) is 44.6 Å². The first kappa shape index (κ1) is 17.2. The molecule has 0 unspecified atom stereocenters. The molecule has 0 bridgehead atoms. The van der Waals surface area contributed by atoms with E-state index in [0.29, 0.717) is 0 Å². The summed E-state index contributed by atoms with van der Waals surface area (Å²) in [4.78, 5) is 9.05. The lowest BCUT2D eigenvalue weighted by Crippen LogP contribution is -2.38. The van der Waals surface area contributed by atoms with Crippen molar-refractivity contribution >= 4 is 17.3 Å². The van der Waals surface area contributed by atoms with Crippen LogP contribution in [0.5, 0.6) is 0 Å². The molecule has 1 aliphatic rings. The van der Waals surface area contributed by atoms with Gasteiger partial charge in [0.25, 0.3) is 0 Å². The van der Waals surface area contributed by atoms with Crippen LogP contribution in [0.3, 0.4) is 0 Å². The molecule has 2 rings (SSSR count). The van der Waals surface area contributed by atoms with Crippen molar-refractivity contribution in [1.29, 1.82) is 0 Å². The molecule has 2 N–H and O–H groups in total. The predicted molar refractivity (Wildman–Crippen MR) is 92.7 cm³/mol. The number of aliphatic imine (C=N–C) groups is 1. The van der Waals surface area contributed by atoms with Crippen molar-refractivity contribution in [2.24, 2.45) is 10.9 Å². The Morgan fingerprint density at radius 3 is 3.00 bits per heavy atom. The molecule has 0 atom stereocenters. The van der Waals surface area contributed by atoms with Gasteiger partial charge in [0.1, 0.15) is 0 Å². The molecule has 0 aromatic carbocycles. The van der Waals surface area contributed by atoms with Crippen LogP contribution in [0.2, 0.25) is 0 Å². The minimum Gasteiger partial charge on any atom is -0.381 e. The first-order chi connectivity index (χ1) is 10.8. The molecule has 1 aromatic rings. The molecule has 1 heterocycles. The van der Waals surface area contributed by atoms with Gasteiger partial charge >= 0.3 is 0 Å². The Morgan fingerprint density at radius 2 is 2.32 bits per heavy atom. The van der Waals surface area contributed by atoms with Gasteiger partial charge in [-0.1, -0.05) is 0 Å². The fraction of sp³-hybridized carbons (Fsp3) is 0.750. The number of aromatic nitrogens is 1. The van der Waals surface area contributed by atoms with Gasteiger partial charge in [-0.05, 0) is 39.0 Å². The van der Waals surface area contributed by atoms with Crippen LogP contribution >= 0.6 is 11.3 Å². The van der Waals surface area contributed by atoms with Crippen molar-refractivity contribution in [3.05, 3.63) is 16.1 Å². The van der Waals surface area contributed by atoms with Crippen LogP contribution in [0.1, 0.15) is 36.9 Å².